The maximum atomic E-state index is 12.6. The van der Waals surface area contributed by atoms with Gasteiger partial charge in [-0.3, -0.25) is 14.7 Å². The standard InChI is InChI=1S/C16H18BrN3O/c1-11-9-13(6-7-14(11)17)19-16(21)15(20(2)3)12-5-4-8-18-10-12/h4-10,15H,1-3H3,(H,19,21). The van der Waals surface area contributed by atoms with Gasteiger partial charge in [0.25, 0.3) is 0 Å². The molecule has 0 saturated heterocycles. The van der Waals surface area contributed by atoms with Gasteiger partial charge >= 0.3 is 0 Å². The highest BCUT2D eigenvalue weighted by Gasteiger charge is 2.23. The number of aromatic nitrogens is 1. The molecule has 4 nitrogen and oxygen atoms in total. The van der Waals surface area contributed by atoms with Crippen LogP contribution in [0.4, 0.5) is 5.69 Å². The van der Waals surface area contributed by atoms with Gasteiger partial charge in [0, 0.05) is 22.6 Å². The van der Waals surface area contributed by atoms with Crippen LogP contribution < -0.4 is 5.32 Å². The minimum atomic E-state index is -0.373. The number of amides is 1. The molecular formula is C16H18BrN3O. The van der Waals surface area contributed by atoms with Gasteiger partial charge in [-0.2, -0.15) is 0 Å². The van der Waals surface area contributed by atoms with E-state index in [1.54, 1.807) is 12.4 Å². The lowest BCUT2D eigenvalue weighted by molar-refractivity contribution is -0.120. The van der Waals surface area contributed by atoms with Crippen LogP contribution in [0.5, 0.6) is 0 Å². The number of hydrogen-bond donors (Lipinski definition) is 1. The van der Waals surface area contributed by atoms with Crippen LogP contribution in [0, 0.1) is 6.92 Å². The number of carbonyl (C=O) groups excluding carboxylic acids is 1. The molecule has 0 aliphatic carbocycles. The molecule has 2 aromatic rings. The van der Waals surface area contributed by atoms with E-state index in [0.29, 0.717) is 0 Å². The van der Waals surface area contributed by atoms with E-state index in [4.69, 9.17) is 0 Å². The molecule has 1 aromatic carbocycles. The van der Waals surface area contributed by atoms with E-state index in [1.807, 2.05) is 56.3 Å². The molecule has 1 N–H and O–H groups in total. The molecule has 5 heteroatoms. The normalized spacial score (nSPS) is 12.2. The topological polar surface area (TPSA) is 45.2 Å². The zero-order valence-electron chi connectivity index (χ0n) is 12.3. The Labute approximate surface area is 133 Å². The van der Waals surface area contributed by atoms with Crippen LogP contribution in [0.1, 0.15) is 17.2 Å². The smallest absolute Gasteiger partial charge is 0.246 e. The van der Waals surface area contributed by atoms with Crippen LogP contribution in [0.15, 0.2) is 47.2 Å². The summed E-state index contributed by atoms with van der Waals surface area (Å²) in [6.07, 6.45) is 3.42. The van der Waals surface area contributed by atoms with Crippen LogP contribution in [0.25, 0.3) is 0 Å². The highest BCUT2D eigenvalue weighted by Crippen LogP contribution is 2.23. The molecule has 1 atom stereocenters. The summed E-state index contributed by atoms with van der Waals surface area (Å²) in [6.45, 7) is 1.99. The Kier molecular flexibility index (Phi) is 5.09. The minimum Gasteiger partial charge on any atom is -0.324 e. The number of anilines is 1. The Bertz CT molecular complexity index is 629. The molecule has 0 radical (unpaired) electrons. The number of aryl methyl sites for hydroxylation is 1. The maximum Gasteiger partial charge on any atom is 0.246 e. The Morgan fingerprint density at radius 2 is 2.10 bits per heavy atom. The molecule has 110 valence electrons. The fourth-order valence-electron chi connectivity index (χ4n) is 2.15. The summed E-state index contributed by atoms with van der Waals surface area (Å²) < 4.78 is 1.02. The van der Waals surface area contributed by atoms with Crippen molar-refractivity contribution in [3.05, 3.63) is 58.3 Å². The second-order valence-corrected chi connectivity index (χ2v) is 5.96. The number of halogens is 1. The molecule has 2 rings (SSSR count). The Balaban J connectivity index is 2.21. The number of carbonyl (C=O) groups is 1. The molecule has 1 aromatic heterocycles. The zero-order chi connectivity index (χ0) is 15.4. The molecule has 0 bridgehead atoms. The summed E-state index contributed by atoms with van der Waals surface area (Å²) in [7, 11) is 3.76. The molecule has 0 aliphatic heterocycles. The predicted octanol–water partition coefficient (Wildman–Crippen LogP) is 3.39. The van der Waals surface area contributed by atoms with Gasteiger partial charge in [-0.05, 0) is 56.4 Å². The van der Waals surface area contributed by atoms with E-state index in [2.05, 4.69) is 26.2 Å². The van der Waals surface area contributed by atoms with Gasteiger partial charge in [-0.25, -0.2) is 0 Å². The Hall–Kier alpha value is -1.72. The predicted molar refractivity (Wildman–Crippen MR) is 88.2 cm³/mol. The largest absolute Gasteiger partial charge is 0.324 e. The fraction of sp³-hybridized carbons (Fsp3) is 0.250. The molecule has 1 amide bonds. The van der Waals surface area contributed by atoms with Crippen LogP contribution >= 0.6 is 15.9 Å². The first-order chi connectivity index (χ1) is 9.99. The average Bonchev–Trinajstić information content (AvgIpc) is 2.44. The Morgan fingerprint density at radius 1 is 1.33 bits per heavy atom. The lowest BCUT2D eigenvalue weighted by atomic mass is 10.1. The second kappa shape index (κ2) is 6.83. The average molecular weight is 348 g/mol. The summed E-state index contributed by atoms with van der Waals surface area (Å²) in [4.78, 5) is 18.5. The van der Waals surface area contributed by atoms with Crippen molar-refractivity contribution in [1.82, 2.24) is 9.88 Å². The quantitative estimate of drug-likeness (QED) is 0.921. The lowest BCUT2D eigenvalue weighted by Gasteiger charge is -2.23. The van der Waals surface area contributed by atoms with Crippen LogP contribution in [0.2, 0.25) is 0 Å². The molecule has 21 heavy (non-hydrogen) atoms. The van der Waals surface area contributed by atoms with Gasteiger partial charge in [-0.15, -0.1) is 0 Å². The van der Waals surface area contributed by atoms with Crippen molar-refractivity contribution in [3.8, 4) is 0 Å². The number of hydrogen-bond acceptors (Lipinski definition) is 3. The van der Waals surface area contributed by atoms with Crippen molar-refractivity contribution in [3.63, 3.8) is 0 Å². The summed E-state index contributed by atoms with van der Waals surface area (Å²) in [5.74, 6) is -0.0743. The number of pyridine rings is 1. The van der Waals surface area contributed by atoms with E-state index in [-0.39, 0.29) is 11.9 Å². The van der Waals surface area contributed by atoms with E-state index >= 15 is 0 Å². The molecule has 0 saturated carbocycles. The summed E-state index contributed by atoms with van der Waals surface area (Å²) in [6, 6.07) is 9.12. The van der Waals surface area contributed by atoms with E-state index in [1.165, 1.54) is 0 Å². The number of likely N-dealkylation sites (N-methyl/N-ethyl adjacent to an activating group) is 1. The third kappa shape index (κ3) is 3.89. The van der Waals surface area contributed by atoms with Gasteiger partial charge in [0.05, 0.1) is 0 Å². The fourth-order valence-corrected chi connectivity index (χ4v) is 2.40. The van der Waals surface area contributed by atoms with Gasteiger partial charge in [0.15, 0.2) is 0 Å². The molecular weight excluding hydrogens is 330 g/mol. The second-order valence-electron chi connectivity index (χ2n) is 5.11. The van der Waals surface area contributed by atoms with Crippen molar-refractivity contribution in [1.29, 1.82) is 0 Å². The summed E-state index contributed by atoms with van der Waals surface area (Å²) in [5, 5.41) is 2.96. The zero-order valence-corrected chi connectivity index (χ0v) is 13.9. The first-order valence-electron chi connectivity index (χ1n) is 6.62. The summed E-state index contributed by atoms with van der Waals surface area (Å²) >= 11 is 3.46. The van der Waals surface area contributed by atoms with Crippen molar-refractivity contribution in [2.45, 2.75) is 13.0 Å². The first kappa shape index (κ1) is 15.7. The number of benzene rings is 1. The highest BCUT2D eigenvalue weighted by atomic mass is 79.9. The maximum absolute atomic E-state index is 12.6. The molecule has 0 fully saturated rings. The number of rotatable bonds is 4. The van der Waals surface area contributed by atoms with Crippen LogP contribution in [-0.2, 0) is 4.79 Å². The van der Waals surface area contributed by atoms with Gasteiger partial charge < -0.3 is 5.32 Å². The Morgan fingerprint density at radius 3 is 2.67 bits per heavy atom. The van der Waals surface area contributed by atoms with Gasteiger partial charge in [0.2, 0.25) is 5.91 Å². The van der Waals surface area contributed by atoms with Crippen molar-refractivity contribution in [2.24, 2.45) is 0 Å². The van der Waals surface area contributed by atoms with Gasteiger partial charge in [-0.1, -0.05) is 22.0 Å². The highest BCUT2D eigenvalue weighted by molar-refractivity contribution is 9.10. The SMILES string of the molecule is Cc1cc(NC(=O)C(c2cccnc2)N(C)C)ccc1Br. The molecule has 0 aliphatic rings. The van der Waals surface area contributed by atoms with E-state index < -0.39 is 0 Å². The van der Waals surface area contributed by atoms with Crippen molar-refractivity contribution in [2.75, 3.05) is 19.4 Å². The molecule has 1 heterocycles. The van der Waals surface area contributed by atoms with Crippen LogP contribution in [-0.4, -0.2) is 29.9 Å². The van der Waals surface area contributed by atoms with Gasteiger partial charge in [0.1, 0.15) is 6.04 Å². The van der Waals surface area contributed by atoms with Crippen LogP contribution in [0.3, 0.4) is 0 Å². The third-order valence-electron chi connectivity index (χ3n) is 3.19. The third-order valence-corrected chi connectivity index (χ3v) is 4.08. The monoisotopic (exact) mass is 347 g/mol. The summed E-state index contributed by atoms with van der Waals surface area (Å²) in [5.41, 5.74) is 2.74. The van der Waals surface area contributed by atoms with Crippen molar-refractivity contribution >= 4 is 27.5 Å². The minimum absolute atomic E-state index is 0.0743. The first-order valence-corrected chi connectivity index (χ1v) is 7.41. The van der Waals surface area contributed by atoms with E-state index in [0.717, 1.165) is 21.3 Å². The lowest BCUT2D eigenvalue weighted by Crippen LogP contribution is -2.32. The molecule has 1 unspecified atom stereocenters. The van der Waals surface area contributed by atoms with Crippen molar-refractivity contribution < 1.29 is 4.79 Å². The number of nitrogens with zero attached hydrogens (tertiary/aromatic N) is 2. The molecule has 0 spiro atoms. The number of nitrogens with one attached hydrogen (secondary N) is 1. The van der Waals surface area contributed by atoms with E-state index in [9.17, 15) is 4.79 Å².